The van der Waals surface area contributed by atoms with Gasteiger partial charge in [-0.2, -0.15) is 0 Å². The summed E-state index contributed by atoms with van der Waals surface area (Å²) in [6, 6.07) is 0. The van der Waals surface area contributed by atoms with Gasteiger partial charge in [0.1, 0.15) is 6.61 Å². The van der Waals surface area contributed by atoms with Crippen LogP contribution in [0.2, 0.25) is 0 Å². The first kappa shape index (κ1) is 17.7. The molecule has 0 fully saturated rings. The van der Waals surface area contributed by atoms with Crippen molar-refractivity contribution in [3.05, 3.63) is 0 Å². The lowest BCUT2D eigenvalue weighted by Crippen LogP contribution is -2.09. The van der Waals surface area contributed by atoms with Crippen molar-refractivity contribution in [2.24, 2.45) is 0 Å². The van der Waals surface area contributed by atoms with Gasteiger partial charge >= 0.3 is 5.97 Å². The fourth-order valence-electron chi connectivity index (χ4n) is 0.846. The number of carbonyl (C=O) groups is 1. The SMILES string of the molecule is O=C(CCP(OCCCl)OCCCl)OCCCl. The Morgan fingerprint density at radius 1 is 0.941 bits per heavy atom. The van der Waals surface area contributed by atoms with Crippen LogP contribution in [0.25, 0.3) is 0 Å². The van der Waals surface area contributed by atoms with E-state index in [1.807, 2.05) is 0 Å². The number of ether oxygens (including phenoxy) is 1. The molecule has 4 nitrogen and oxygen atoms in total. The molecule has 0 aliphatic rings. The van der Waals surface area contributed by atoms with Gasteiger partial charge in [-0.25, -0.2) is 0 Å². The second kappa shape index (κ2) is 13.1. The van der Waals surface area contributed by atoms with Crippen molar-refractivity contribution >= 4 is 49.1 Å². The van der Waals surface area contributed by atoms with Crippen molar-refractivity contribution in [2.45, 2.75) is 6.42 Å². The smallest absolute Gasteiger partial charge is 0.306 e. The summed E-state index contributed by atoms with van der Waals surface area (Å²) in [5.74, 6) is 0.771. The van der Waals surface area contributed by atoms with E-state index in [1.165, 1.54) is 0 Å². The topological polar surface area (TPSA) is 44.8 Å². The number of alkyl halides is 3. The lowest BCUT2D eigenvalue weighted by atomic mass is 10.5. The summed E-state index contributed by atoms with van der Waals surface area (Å²) in [6.07, 6.45) is 0.720. The van der Waals surface area contributed by atoms with E-state index in [1.54, 1.807) is 0 Å². The minimum atomic E-state index is -1.12. The normalized spacial score (nSPS) is 10.8. The average Bonchev–Trinajstić information content (AvgIpc) is 2.35. The summed E-state index contributed by atoms with van der Waals surface area (Å²) in [5, 5.41) is 0. The highest BCUT2D eigenvalue weighted by Crippen LogP contribution is 2.38. The zero-order valence-corrected chi connectivity index (χ0v) is 12.5. The minimum absolute atomic E-state index is 0.226. The number of hydrogen-bond acceptors (Lipinski definition) is 4. The summed E-state index contributed by atoms with van der Waals surface area (Å²) in [4.78, 5) is 11.2. The van der Waals surface area contributed by atoms with E-state index in [-0.39, 0.29) is 19.0 Å². The first-order chi connectivity index (χ1) is 8.24. The molecule has 0 saturated heterocycles. The van der Waals surface area contributed by atoms with Gasteiger partial charge in [-0.3, -0.25) is 4.79 Å². The molecule has 0 saturated carbocycles. The summed E-state index contributed by atoms with van der Waals surface area (Å²) >= 11 is 16.4. The first-order valence-electron chi connectivity index (χ1n) is 5.11. The van der Waals surface area contributed by atoms with Crippen LogP contribution in [0, 0.1) is 0 Å². The molecule has 0 aliphatic carbocycles. The van der Waals surface area contributed by atoms with Crippen LogP contribution in [0.4, 0.5) is 0 Å². The second-order valence-electron chi connectivity index (χ2n) is 2.76. The lowest BCUT2D eigenvalue weighted by molar-refractivity contribution is -0.142. The van der Waals surface area contributed by atoms with Gasteiger partial charge < -0.3 is 13.8 Å². The molecule has 0 heterocycles. The third kappa shape index (κ3) is 11.5. The predicted octanol–water partition coefficient (Wildman–Crippen LogP) is 2.98. The highest BCUT2D eigenvalue weighted by atomic mass is 35.5. The molecule has 0 N–H and O–H groups in total. The van der Waals surface area contributed by atoms with E-state index < -0.39 is 8.38 Å². The summed E-state index contributed by atoms with van der Waals surface area (Å²) < 4.78 is 15.6. The third-order valence-electron chi connectivity index (χ3n) is 1.46. The highest BCUT2D eigenvalue weighted by Gasteiger charge is 2.13. The Kier molecular flexibility index (Phi) is 13.7. The van der Waals surface area contributed by atoms with E-state index in [9.17, 15) is 4.79 Å². The van der Waals surface area contributed by atoms with Crippen LogP contribution in [0.1, 0.15) is 6.42 Å². The van der Waals surface area contributed by atoms with Gasteiger partial charge in [0.15, 0.2) is 8.38 Å². The van der Waals surface area contributed by atoms with Crippen molar-refractivity contribution in [1.82, 2.24) is 0 Å². The van der Waals surface area contributed by atoms with Crippen LogP contribution in [-0.2, 0) is 18.6 Å². The monoisotopic (exact) mass is 324 g/mol. The first-order valence-corrected chi connectivity index (χ1v) is 8.08. The van der Waals surface area contributed by atoms with Crippen molar-refractivity contribution in [2.75, 3.05) is 43.6 Å². The molecule has 0 aromatic rings. The van der Waals surface area contributed by atoms with Gasteiger partial charge in [-0.1, -0.05) is 0 Å². The van der Waals surface area contributed by atoms with Crippen LogP contribution in [0.5, 0.6) is 0 Å². The van der Waals surface area contributed by atoms with Gasteiger partial charge in [0.05, 0.1) is 25.5 Å². The molecule has 0 amide bonds. The molecule has 0 atom stereocenters. The maximum atomic E-state index is 11.2. The number of hydrogen-bond donors (Lipinski definition) is 0. The maximum Gasteiger partial charge on any atom is 0.306 e. The molecule has 0 rings (SSSR count). The Balaban J connectivity index is 3.75. The van der Waals surface area contributed by atoms with Crippen molar-refractivity contribution < 1.29 is 18.6 Å². The van der Waals surface area contributed by atoms with Gasteiger partial charge in [-0.05, 0) is 0 Å². The van der Waals surface area contributed by atoms with Crippen LogP contribution >= 0.6 is 43.2 Å². The van der Waals surface area contributed by atoms with E-state index >= 15 is 0 Å². The summed E-state index contributed by atoms with van der Waals surface area (Å²) in [5.41, 5.74) is 0. The van der Waals surface area contributed by atoms with Gasteiger partial charge in [0, 0.05) is 17.9 Å². The Hall–Kier alpha value is 0.690. The van der Waals surface area contributed by atoms with E-state index in [0.29, 0.717) is 37.0 Å². The summed E-state index contributed by atoms with van der Waals surface area (Å²) in [7, 11) is -1.12. The summed E-state index contributed by atoms with van der Waals surface area (Å²) in [6.45, 7) is 1.02. The largest absolute Gasteiger partial charge is 0.464 e. The average molecular weight is 326 g/mol. The molecule has 0 aromatic heterocycles. The molecule has 102 valence electrons. The quantitative estimate of drug-likeness (QED) is 0.333. The Morgan fingerprint density at radius 3 is 1.94 bits per heavy atom. The minimum Gasteiger partial charge on any atom is -0.464 e. The predicted molar refractivity (Wildman–Crippen MR) is 71.4 cm³/mol. The van der Waals surface area contributed by atoms with Crippen LogP contribution in [0.15, 0.2) is 0 Å². The van der Waals surface area contributed by atoms with Gasteiger partial charge in [0.25, 0.3) is 0 Å². The molecular weight excluding hydrogens is 309 g/mol. The fourth-order valence-corrected chi connectivity index (χ4v) is 2.58. The molecule has 0 bridgehead atoms. The van der Waals surface area contributed by atoms with Gasteiger partial charge in [-0.15, -0.1) is 34.8 Å². The van der Waals surface area contributed by atoms with E-state index in [2.05, 4.69) is 0 Å². The number of rotatable bonds is 11. The van der Waals surface area contributed by atoms with Crippen LogP contribution < -0.4 is 0 Å². The van der Waals surface area contributed by atoms with Crippen LogP contribution in [0.3, 0.4) is 0 Å². The molecule has 0 aliphatic heterocycles. The highest BCUT2D eigenvalue weighted by molar-refractivity contribution is 7.47. The van der Waals surface area contributed by atoms with Crippen molar-refractivity contribution in [3.63, 3.8) is 0 Å². The standard InChI is InChI=1S/C9H16Cl3O4P/c10-2-5-14-9(13)1-8-17(15-6-3-11)16-7-4-12/h1-8H2. The number of halogens is 3. The molecule has 17 heavy (non-hydrogen) atoms. The Morgan fingerprint density at radius 2 is 1.47 bits per heavy atom. The van der Waals surface area contributed by atoms with Crippen molar-refractivity contribution in [3.8, 4) is 0 Å². The number of esters is 1. The lowest BCUT2D eigenvalue weighted by Gasteiger charge is -2.15. The van der Waals surface area contributed by atoms with Crippen LogP contribution in [-0.4, -0.2) is 49.6 Å². The zero-order chi connectivity index (χ0) is 12.9. The van der Waals surface area contributed by atoms with E-state index in [0.717, 1.165) is 0 Å². The molecule has 0 radical (unpaired) electrons. The van der Waals surface area contributed by atoms with Crippen molar-refractivity contribution in [1.29, 1.82) is 0 Å². The third-order valence-corrected chi connectivity index (χ3v) is 3.46. The van der Waals surface area contributed by atoms with E-state index in [4.69, 9.17) is 48.6 Å². The number of carbonyl (C=O) groups excluding carboxylic acids is 1. The molecular formula is C9H16Cl3O4P. The zero-order valence-electron chi connectivity index (χ0n) is 9.37. The molecule has 0 aromatic carbocycles. The Bertz CT molecular complexity index is 189. The maximum absolute atomic E-state index is 11.2. The fraction of sp³-hybridized carbons (Fsp3) is 0.889. The molecule has 0 spiro atoms. The molecule has 8 heteroatoms. The Labute approximate surface area is 118 Å². The molecule has 0 unspecified atom stereocenters. The van der Waals surface area contributed by atoms with Gasteiger partial charge in [0.2, 0.25) is 0 Å². The second-order valence-corrected chi connectivity index (χ2v) is 5.52.